The Kier molecular flexibility index (Phi) is 7.29. The van der Waals surface area contributed by atoms with Crippen LogP contribution >= 0.6 is 0 Å². The summed E-state index contributed by atoms with van der Waals surface area (Å²) < 4.78 is 7.29. The van der Waals surface area contributed by atoms with Crippen LogP contribution < -0.4 is 4.90 Å². The van der Waals surface area contributed by atoms with Crippen LogP contribution in [0.4, 0.5) is 5.69 Å². The first kappa shape index (κ1) is 24.8. The highest BCUT2D eigenvalue weighted by molar-refractivity contribution is 5.94. The molecule has 1 aliphatic carbocycles. The highest BCUT2D eigenvalue weighted by atomic mass is 16.5. The van der Waals surface area contributed by atoms with Crippen molar-refractivity contribution in [2.24, 2.45) is 0 Å². The van der Waals surface area contributed by atoms with Gasteiger partial charge in [-0.2, -0.15) is 5.10 Å². The van der Waals surface area contributed by atoms with E-state index in [1.807, 2.05) is 4.90 Å². The SMILES string of the molecule is Cc1cccc(N2CCN(C(=O)Cn3nc(C(=O)N4CCO[C@@H](CO)C4)c4c3CCCC4)CC2)c1C. The summed E-state index contributed by atoms with van der Waals surface area (Å²) in [5, 5.41) is 14.2. The smallest absolute Gasteiger partial charge is 0.274 e. The van der Waals surface area contributed by atoms with Crippen molar-refractivity contribution < 1.29 is 19.4 Å². The normalized spacial score (nSPS) is 20.4. The molecule has 1 atom stereocenters. The minimum atomic E-state index is -0.357. The summed E-state index contributed by atoms with van der Waals surface area (Å²) in [6.07, 6.45) is 3.36. The number of piperazine rings is 1. The van der Waals surface area contributed by atoms with Crippen LogP contribution in [0.25, 0.3) is 0 Å². The molecule has 3 heterocycles. The molecule has 1 N–H and O–H groups in total. The molecule has 5 rings (SSSR count). The summed E-state index contributed by atoms with van der Waals surface area (Å²) in [5.74, 6) is -0.0690. The topological polar surface area (TPSA) is 91.1 Å². The number of aliphatic hydroxyl groups is 1. The summed E-state index contributed by atoms with van der Waals surface area (Å²) in [4.78, 5) is 32.7. The minimum absolute atomic E-state index is 0.0530. The second-order valence-electron chi connectivity index (χ2n) is 10.2. The quantitative estimate of drug-likeness (QED) is 0.677. The molecule has 0 radical (unpaired) electrons. The van der Waals surface area contributed by atoms with Gasteiger partial charge in [0.15, 0.2) is 5.69 Å². The molecule has 0 unspecified atom stereocenters. The zero-order chi connectivity index (χ0) is 25.2. The number of aromatic nitrogens is 2. The van der Waals surface area contributed by atoms with Gasteiger partial charge in [0, 0.05) is 56.2 Å². The van der Waals surface area contributed by atoms with E-state index in [-0.39, 0.29) is 31.1 Å². The van der Waals surface area contributed by atoms with Gasteiger partial charge >= 0.3 is 0 Å². The molecule has 36 heavy (non-hydrogen) atoms. The van der Waals surface area contributed by atoms with Crippen LogP contribution in [-0.4, -0.2) is 95.1 Å². The standard InChI is InChI=1S/C27H37N5O4/c1-19-6-5-9-23(20(19)2)29-10-12-30(13-11-29)25(34)17-32-24-8-4-3-7-22(24)26(28-32)27(35)31-14-15-36-21(16-31)18-33/h5-6,9,21,33H,3-4,7-8,10-18H2,1-2H3/t21-/m1/s1. The summed E-state index contributed by atoms with van der Waals surface area (Å²) in [5.41, 5.74) is 6.31. The number of fused-ring (bicyclic) bond motifs is 1. The van der Waals surface area contributed by atoms with E-state index < -0.39 is 0 Å². The number of carbonyl (C=O) groups is 2. The number of rotatable bonds is 5. The molecule has 2 aromatic rings. The van der Waals surface area contributed by atoms with Crippen LogP contribution in [0.3, 0.4) is 0 Å². The first-order valence-corrected chi connectivity index (χ1v) is 13.2. The highest BCUT2D eigenvalue weighted by Crippen LogP contribution is 2.27. The van der Waals surface area contributed by atoms with Crippen molar-refractivity contribution in [1.82, 2.24) is 19.6 Å². The van der Waals surface area contributed by atoms with E-state index >= 15 is 0 Å². The van der Waals surface area contributed by atoms with Gasteiger partial charge in [-0.15, -0.1) is 0 Å². The number of morpholine rings is 1. The fourth-order valence-corrected chi connectivity index (χ4v) is 5.64. The van der Waals surface area contributed by atoms with Crippen molar-refractivity contribution in [3.05, 3.63) is 46.3 Å². The molecule has 2 saturated heterocycles. The second-order valence-corrected chi connectivity index (χ2v) is 10.2. The minimum Gasteiger partial charge on any atom is -0.394 e. The molecule has 0 spiro atoms. The van der Waals surface area contributed by atoms with E-state index in [1.54, 1.807) is 9.58 Å². The first-order valence-electron chi connectivity index (χ1n) is 13.2. The van der Waals surface area contributed by atoms with Crippen LogP contribution in [0.5, 0.6) is 0 Å². The molecule has 2 aliphatic heterocycles. The fourth-order valence-electron chi connectivity index (χ4n) is 5.64. The maximum Gasteiger partial charge on any atom is 0.274 e. The Balaban J connectivity index is 1.27. The number of ether oxygens (including phenoxy) is 1. The number of aliphatic hydroxyl groups excluding tert-OH is 1. The average Bonchev–Trinajstić information content (AvgIpc) is 3.28. The van der Waals surface area contributed by atoms with Gasteiger partial charge in [-0.3, -0.25) is 14.3 Å². The number of benzene rings is 1. The van der Waals surface area contributed by atoms with Gasteiger partial charge in [0.05, 0.1) is 19.3 Å². The van der Waals surface area contributed by atoms with Crippen LogP contribution in [-0.2, 0) is 28.9 Å². The van der Waals surface area contributed by atoms with Gasteiger partial charge in [0.25, 0.3) is 5.91 Å². The Hall–Kier alpha value is -2.91. The van der Waals surface area contributed by atoms with E-state index in [0.717, 1.165) is 50.0 Å². The number of aryl methyl sites for hydroxylation is 1. The molecule has 9 heteroatoms. The molecular weight excluding hydrogens is 458 g/mol. The largest absolute Gasteiger partial charge is 0.394 e. The van der Waals surface area contributed by atoms with Crippen molar-refractivity contribution in [3.63, 3.8) is 0 Å². The summed E-state index contributed by atoms with van der Waals surface area (Å²) in [6.45, 7) is 8.57. The lowest BCUT2D eigenvalue weighted by molar-refractivity contribution is -0.132. The Bertz CT molecular complexity index is 1120. The molecule has 0 saturated carbocycles. The molecular formula is C27H37N5O4. The number of nitrogens with zero attached hydrogens (tertiary/aromatic N) is 5. The Labute approximate surface area is 212 Å². The van der Waals surface area contributed by atoms with Crippen molar-refractivity contribution in [2.45, 2.75) is 52.2 Å². The number of hydrogen-bond donors (Lipinski definition) is 1. The van der Waals surface area contributed by atoms with E-state index in [1.165, 1.54) is 16.8 Å². The van der Waals surface area contributed by atoms with Crippen LogP contribution in [0.1, 0.15) is 45.7 Å². The molecule has 1 aromatic carbocycles. The zero-order valence-electron chi connectivity index (χ0n) is 21.4. The predicted octanol–water partition coefficient (Wildman–Crippen LogP) is 1.56. The molecule has 9 nitrogen and oxygen atoms in total. The van der Waals surface area contributed by atoms with Gasteiger partial charge in [-0.1, -0.05) is 12.1 Å². The Morgan fingerprint density at radius 3 is 2.61 bits per heavy atom. The zero-order valence-corrected chi connectivity index (χ0v) is 21.4. The lowest BCUT2D eigenvalue weighted by Gasteiger charge is -2.37. The third-order valence-electron chi connectivity index (χ3n) is 7.92. The molecule has 0 bridgehead atoms. The second kappa shape index (κ2) is 10.6. The summed E-state index contributed by atoms with van der Waals surface area (Å²) in [6, 6.07) is 6.38. The predicted molar refractivity (Wildman–Crippen MR) is 136 cm³/mol. The highest BCUT2D eigenvalue weighted by Gasteiger charge is 2.32. The van der Waals surface area contributed by atoms with Crippen molar-refractivity contribution >= 4 is 17.5 Å². The number of hydrogen-bond acceptors (Lipinski definition) is 6. The summed E-state index contributed by atoms with van der Waals surface area (Å²) >= 11 is 0. The van der Waals surface area contributed by atoms with Gasteiger partial charge in [0.1, 0.15) is 6.54 Å². The van der Waals surface area contributed by atoms with Gasteiger partial charge in [-0.25, -0.2) is 0 Å². The van der Waals surface area contributed by atoms with E-state index in [2.05, 4.69) is 36.9 Å². The maximum atomic E-state index is 13.4. The molecule has 1 aromatic heterocycles. The van der Waals surface area contributed by atoms with Crippen LogP contribution in [0.2, 0.25) is 0 Å². The number of amides is 2. The van der Waals surface area contributed by atoms with Crippen LogP contribution in [0.15, 0.2) is 18.2 Å². The lowest BCUT2D eigenvalue weighted by Crippen LogP contribution is -2.50. The van der Waals surface area contributed by atoms with E-state index in [9.17, 15) is 14.7 Å². The average molecular weight is 496 g/mol. The van der Waals surface area contributed by atoms with Gasteiger partial charge in [0.2, 0.25) is 5.91 Å². The number of carbonyl (C=O) groups excluding carboxylic acids is 2. The van der Waals surface area contributed by atoms with E-state index in [4.69, 9.17) is 9.84 Å². The van der Waals surface area contributed by atoms with Crippen LogP contribution in [0, 0.1) is 13.8 Å². The summed E-state index contributed by atoms with van der Waals surface area (Å²) in [7, 11) is 0. The molecule has 2 fully saturated rings. The third-order valence-corrected chi connectivity index (χ3v) is 7.92. The lowest BCUT2D eigenvalue weighted by atomic mass is 9.95. The molecule has 194 valence electrons. The van der Waals surface area contributed by atoms with Crippen molar-refractivity contribution in [3.8, 4) is 0 Å². The van der Waals surface area contributed by atoms with Crippen molar-refractivity contribution in [2.75, 3.05) is 57.4 Å². The van der Waals surface area contributed by atoms with E-state index in [0.29, 0.717) is 38.5 Å². The van der Waals surface area contributed by atoms with Gasteiger partial charge in [-0.05, 0) is 56.7 Å². The van der Waals surface area contributed by atoms with Gasteiger partial charge < -0.3 is 24.5 Å². The first-order chi connectivity index (χ1) is 17.5. The maximum absolute atomic E-state index is 13.4. The molecule has 3 aliphatic rings. The number of anilines is 1. The monoisotopic (exact) mass is 495 g/mol. The Morgan fingerprint density at radius 1 is 1.06 bits per heavy atom. The Morgan fingerprint density at radius 2 is 1.83 bits per heavy atom. The third kappa shape index (κ3) is 4.86. The molecule has 2 amide bonds. The fraction of sp³-hybridized carbons (Fsp3) is 0.593. The van der Waals surface area contributed by atoms with Crippen molar-refractivity contribution in [1.29, 1.82) is 0 Å².